The fourth-order valence-electron chi connectivity index (χ4n) is 1.18. The summed E-state index contributed by atoms with van der Waals surface area (Å²) in [5.41, 5.74) is 1.77. The van der Waals surface area contributed by atoms with Gasteiger partial charge in [0.1, 0.15) is 5.51 Å². The SMILES string of the molecule is CCN(CCNC(C)C)c1nncs1. The van der Waals surface area contributed by atoms with E-state index < -0.39 is 0 Å². The Labute approximate surface area is 89.3 Å². The minimum absolute atomic E-state index is 0.545. The van der Waals surface area contributed by atoms with Crippen molar-refractivity contribution in [3.63, 3.8) is 0 Å². The lowest BCUT2D eigenvalue weighted by atomic mass is 10.4. The van der Waals surface area contributed by atoms with E-state index in [4.69, 9.17) is 0 Å². The largest absolute Gasteiger partial charge is 0.346 e. The fraction of sp³-hybridized carbons (Fsp3) is 0.778. The number of hydrogen-bond acceptors (Lipinski definition) is 5. The van der Waals surface area contributed by atoms with Crippen LogP contribution >= 0.6 is 11.3 Å². The summed E-state index contributed by atoms with van der Waals surface area (Å²) in [5.74, 6) is 0. The first kappa shape index (κ1) is 11.4. The quantitative estimate of drug-likeness (QED) is 0.776. The van der Waals surface area contributed by atoms with Crippen LogP contribution in [0.5, 0.6) is 0 Å². The van der Waals surface area contributed by atoms with Crippen LogP contribution in [0, 0.1) is 0 Å². The van der Waals surface area contributed by atoms with Gasteiger partial charge in [-0.3, -0.25) is 0 Å². The maximum atomic E-state index is 4.05. The Morgan fingerprint density at radius 3 is 2.86 bits per heavy atom. The predicted octanol–water partition coefficient (Wildman–Crippen LogP) is 1.36. The first-order valence-electron chi connectivity index (χ1n) is 4.98. The van der Waals surface area contributed by atoms with Crippen molar-refractivity contribution in [2.45, 2.75) is 26.8 Å². The average molecular weight is 214 g/mol. The zero-order valence-electron chi connectivity index (χ0n) is 9.03. The summed E-state index contributed by atoms with van der Waals surface area (Å²) in [4.78, 5) is 2.23. The summed E-state index contributed by atoms with van der Waals surface area (Å²) in [6.45, 7) is 9.41. The molecule has 4 nitrogen and oxygen atoms in total. The molecule has 80 valence electrons. The molecule has 0 bridgehead atoms. The zero-order chi connectivity index (χ0) is 10.4. The molecule has 0 unspecified atom stereocenters. The Bertz CT molecular complexity index is 235. The molecule has 0 radical (unpaired) electrons. The van der Waals surface area contributed by atoms with Gasteiger partial charge in [0.2, 0.25) is 5.13 Å². The van der Waals surface area contributed by atoms with Gasteiger partial charge < -0.3 is 10.2 Å². The summed E-state index contributed by atoms with van der Waals surface area (Å²) < 4.78 is 0. The van der Waals surface area contributed by atoms with E-state index >= 15 is 0 Å². The molecule has 1 heterocycles. The highest BCUT2D eigenvalue weighted by Gasteiger charge is 2.06. The zero-order valence-corrected chi connectivity index (χ0v) is 9.84. The number of aromatic nitrogens is 2. The van der Waals surface area contributed by atoms with Crippen LogP contribution in [0.25, 0.3) is 0 Å². The summed E-state index contributed by atoms with van der Waals surface area (Å²) in [6, 6.07) is 0.545. The minimum atomic E-state index is 0.545. The molecule has 0 atom stereocenters. The summed E-state index contributed by atoms with van der Waals surface area (Å²) in [6.07, 6.45) is 0. The van der Waals surface area contributed by atoms with Crippen molar-refractivity contribution in [3.05, 3.63) is 5.51 Å². The molecular weight excluding hydrogens is 196 g/mol. The number of nitrogens with one attached hydrogen (secondary N) is 1. The highest BCUT2D eigenvalue weighted by atomic mass is 32.1. The topological polar surface area (TPSA) is 41.0 Å². The van der Waals surface area contributed by atoms with Crippen LogP contribution in [0.4, 0.5) is 5.13 Å². The molecule has 1 rings (SSSR count). The van der Waals surface area contributed by atoms with E-state index in [1.54, 1.807) is 16.8 Å². The number of nitrogens with zero attached hydrogens (tertiary/aromatic N) is 3. The van der Waals surface area contributed by atoms with Gasteiger partial charge in [0.15, 0.2) is 0 Å². The molecule has 1 aromatic heterocycles. The van der Waals surface area contributed by atoms with E-state index in [9.17, 15) is 0 Å². The Hall–Kier alpha value is -0.680. The number of rotatable bonds is 6. The van der Waals surface area contributed by atoms with Crippen molar-refractivity contribution in [2.75, 3.05) is 24.5 Å². The van der Waals surface area contributed by atoms with Crippen LogP contribution in [0.3, 0.4) is 0 Å². The molecule has 1 aromatic rings. The van der Waals surface area contributed by atoms with E-state index in [0.29, 0.717) is 6.04 Å². The van der Waals surface area contributed by atoms with Gasteiger partial charge in [-0.1, -0.05) is 25.2 Å². The first-order chi connectivity index (χ1) is 6.74. The van der Waals surface area contributed by atoms with Gasteiger partial charge in [0.25, 0.3) is 0 Å². The Balaban J connectivity index is 2.33. The van der Waals surface area contributed by atoms with Gasteiger partial charge in [0.05, 0.1) is 0 Å². The second-order valence-corrected chi connectivity index (χ2v) is 4.22. The van der Waals surface area contributed by atoms with E-state index in [-0.39, 0.29) is 0 Å². The predicted molar refractivity (Wildman–Crippen MR) is 60.9 cm³/mol. The number of anilines is 1. The van der Waals surface area contributed by atoms with Gasteiger partial charge in [-0.2, -0.15) is 0 Å². The van der Waals surface area contributed by atoms with Crippen LogP contribution < -0.4 is 10.2 Å². The van der Waals surface area contributed by atoms with E-state index in [1.165, 1.54) is 0 Å². The van der Waals surface area contributed by atoms with Crippen molar-refractivity contribution >= 4 is 16.5 Å². The molecule has 0 fully saturated rings. The van der Waals surface area contributed by atoms with Crippen LogP contribution in [-0.2, 0) is 0 Å². The molecule has 0 saturated carbocycles. The third kappa shape index (κ3) is 3.59. The monoisotopic (exact) mass is 214 g/mol. The van der Waals surface area contributed by atoms with Crippen LogP contribution in [-0.4, -0.2) is 35.9 Å². The van der Waals surface area contributed by atoms with Crippen molar-refractivity contribution in [2.24, 2.45) is 0 Å². The lowest BCUT2D eigenvalue weighted by Gasteiger charge is -2.19. The van der Waals surface area contributed by atoms with Crippen molar-refractivity contribution in [3.8, 4) is 0 Å². The fourth-order valence-corrected chi connectivity index (χ4v) is 1.83. The summed E-state index contributed by atoms with van der Waals surface area (Å²) in [5, 5.41) is 12.3. The van der Waals surface area contributed by atoms with Crippen LogP contribution in [0.2, 0.25) is 0 Å². The Morgan fingerprint density at radius 2 is 2.36 bits per heavy atom. The second-order valence-electron chi connectivity index (χ2n) is 3.41. The highest BCUT2D eigenvalue weighted by molar-refractivity contribution is 7.13. The standard InChI is InChI=1S/C9H18N4S/c1-4-13(6-5-10-8(2)3)9-12-11-7-14-9/h7-8,10H,4-6H2,1-3H3. The molecule has 14 heavy (non-hydrogen) atoms. The van der Waals surface area contributed by atoms with Gasteiger partial charge in [-0.05, 0) is 6.92 Å². The van der Waals surface area contributed by atoms with Gasteiger partial charge in [0, 0.05) is 25.7 Å². The average Bonchev–Trinajstić information content (AvgIpc) is 2.64. The second kappa shape index (κ2) is 5.93. The molecule has 0 aliphatic carbocycles. The molecular formula is C9H18N4S. The lowest BCUT2D eigenvalue weighted by molar-refractivity contribution is 0.583. The summed E-state index contributed by atoms with van der Waals surface area (Å²) >= 11 is 1.59. The number of likely N-dealkylation sites (N-methyl/N-ethyl adjacent to an activating group) is 1. The molecule has 0 amide bonds. The minimum Gasteiger partial charge on any atom is -0.346 e. The van der Waals surface area contributed by atoms with E-state index in [2.05, 4.69) is 41.2 Å². The third-order valence-electron chi connectivity index (χ3n) is 1.94. The van der Waals surface area contributed by atoms with Crippen LogP contribution in [0.1, 0.15) is 20.8 Å². The first-order valence-corrected chi connectivity index (χ1v) is 5.86. The number of hydrogen-bond donors (Lipinski definition) is 1. The Kier molecular flexibility index (Phi) is 4.82. The molecule has 0 aliphatic rings. The maximum Gasteiger partial charge on any atom is 0.208 e. The molecule has 5 heteroatoms. The highest BCUT2D eigenvalue weighted by Crippen LogP contribution is 2.14. The smallest absolute Gasteiger partial charge is 0.208 e. The Morgan fingerprint density at radius 1 is 1.57 bits per heavy atom. The summed E-state index contributed by atoms with van der Waals surface area (Å²) in [7, 11) is 0. The molecule has 0 aliphatic heterocycles. The van der Waals surface area contributed by atoms with Crippen molar-refractivity contribution < 1.29 is 0 Å². The normalized spacial score (nSPS) is 10.9. The molecule has 0 aromatic carbocycles. The molecule has 0 spiro atoms. The van der Waals surface area contributed by atoms with Gasteiger partial charge >= 0.3 is 0 Å². The van der Waals surface area contributed by atoms with E-state index in [0.717, 1.165) is 24.8 Å². The molecule has 0 saturated heterocycles. The van der Waals surface area contributed by atoms with Crippen LogP contribution in [0.15, 0.2) is 5.51 Å². The third-order valence-corrected chi connectivity index (χ3v) is 2.69. The molecule has 1 N–H and O–H groups in total. The van der Waals surface area contributed by atoms with E-state index in [1.807, 2.05) is 0 Å². The van der Waals surface area contributed by atoms with Crippen molar-refractivity contribution in [1.29, 1.82) is 0 Å². The maximum absolute atomic E-state index is 4.05. The van der Waals surface area contributed by atoms with Crippen molar-refractivity contribution in [1.82, 2.24) is 15.5 Å². The van der Waals surface area contributed by atoms with Gasteiger partial charge in [-0.25, -0.2) is 0 Å². The lowest BCUT2D eigenvalue weighted by Crippen LogP contribution is -2.34. The van der Waals surface area contributed by atoms with Gasteiger partial charge in [-0.15, -0.1) is 10.2 Å².